The van der Waals surface area contributed by atoms with Gasteiger partial charge in [-0.15, -0.1) is 0 Å². The van der Waals surface area contributed by atoms with E-state index in [4.69, 9.17) is 11.6 Å². The van der Waals surface area contributed by atoms with E-state index in [9.17, 15) is 4.79 Å². The molecule has 0 saturated heterocycles. The highest BCUT2D eigenvalue weighted by Gasteiger charge is 2.05. The number of halogens is 1. The highest BCUT2D eigenvalue weighted by molar-refractivity contribution is 6.31. The van der Waals surface area contributed by atoms with Gasteiger partial charge in [0.1, 0.15) is 0 Å². The van der Waals surface area contributed by atoms with Crippen LogP contribution in [-0.4, -0.2) is 38.0 Å². The van der Waals surface area contributed by atoms with Gasteiger partial charge in [-0.1, -0.05) is 29.8 Å². The molecule has 3 nitrogen and oxygen atoms in total. The molecule has 0 aliphatic carbocycles. The SMILES string of the molecule is CN(C)CCNC(=O)Cc1ccccc1Cl. The van der Waals surface area contributed by atoms with Gasteiger partial charge in [0.2, 0.25) is 5.91 Å². The Morgan fingerprint density at radius 2 is 2.06 bits per heavy atom. The fraction of sp³-hybridized carbons (Fsp3) is 0.417. The predicted octanol–water partition coefficient (Wildman–Crippen LogP) is 1.56. The molecule has 0 unspecified atom stereocenters. The molecule has 1 rings (SSSR count). The van der Waals surface area contributed by atoms with Crippen LogP contribution in [0.4, 0.5) is 0 Å². The van der Waals surface area contributed by atoms with Gasteiger partial charge in [-0.2, -0.15) is 0 Å². The molecule has 0 aliphatic heterocycles. The van der Waals surface area contributed by atoms with Crippen LogP contribution in [-0.2, 0) is 11.2 Å². The van der Waals surface area contributed by atoms with Gasteiger partial charge in [-0.25, -0.2) is 0 Å². The van der Waals surface area contributed by atoms with Crippen LogP contribution in [0.2, 0.25) is 5.02 Å². The first-order valence-corrected chi connectivity index (χ1v) is 5.62. The molecule has 0 bridgehead atoms. The fourth-order valence-electron chi connectivity index (χ4n) is 1.30. The van der Waals surface area contributed by atoms with Crippen molar-refractivity contribution in [1.82, 2.24) is 10.2 Å². The smallest absolute Gasteiger partial charge is 0.224 e. The number of carbonyl (C=O) groups is 1. The molecule has 0 aliphatic rings. The van der Waals surface area contributed by atoms with E-state index in [0.717, 1.165) is 12.1 Å². The molecule has 1 N–H and O–H groups in total. The summed E-state index contributed by atoms with van der Waals surface area (Å²) in [5.41, 5.74) is 0.867. The van der Waals surface area contributed by atoms with Gasteiger partial charge < -0.3 is 10.2 Å². The Kier molecular flexibility index (Phi) is 5.29. The first kappa shape index (κ1) is 13.0. The molecule has 0 heterocycles. The van der Waals surface area contributed by atoms with Crippen LogP contribution in [0.25, 0.3) is 0 Å². The zero-order valence-corrected chi connectivity index (χ0v) is 10.4. The topological polar surface area (TPSA) is 32.3 Å². The average Bonchev–Trinajstić information content (AvgIpc) is 2.21. The molecule has 1 amide bonds. The summed E-state index contributed by atoms with van der Waals surface area (Å²) in [6.07, 6.45) is 0.340. The van der Waals surface area contributed by atoms with Crippen molar-refractivity contribution in [1.29, 1.82) is 0 Å². The summed E-state index contributed by atoms with van der Waals surface area (Å²) in [6, 6.07) is 7.40. The minimum absolute atomic E-state index is 0.00921. The van der Waals surface area contributed by atoms with Crippen molar-refractivity contribution in [2.45, 2.75) is 6.42 Å². The number of amides is 1. The molecular weight excluding hydrogens is 224 g/mol. The number of likely N-dealkylation sites (N-methyl/N-ethyl adjacent to an activating group) is 1. The van der Waals surface area contributed by atoms with Gasteiger partial charge in [0.05, 0.1) is 6.42 Å². The summed E-state index contributed by atoms with van der Waals surface area (Å²) in [6.45, 7) is 1.50. The maximum Gasteiger partial charge on any atom is 0.224 e. The van der Waals surface area contributed by atoms with E-state index >= 15 is 0 Å². The number of rotatable bonds is 5. The summed E-state index contributed by atoms with van der Waals surface area (Å²) < 4.78 is 0. The number of nitrogens with zero attached hydrogens (tertiary/aromatic N) is 1. The van der Waals surface area contributed by atoms with Crippen molar-refractivity contribution >= 4 is 17.5 Å². The van der Waals surface area contributed by atoms with Crippen molar-refractivity contribution in [2.24, 2.45) is 0 Å². The van der Waals surface area contributed by atoms with E-state index in [1.54, 1.807) is 6.07 Å². The quantitative estimate of drug-likeness (QED) is 0.847. The van der Waals surface area contributed by atoms with Crippen LogP contribution >= 0.6 is 11.6 Å². The Morgan fingerprint density at radius 1 is 1.38 bits per heavy atom. The van der Waals surface area contributed by atoms with Crippen LogP contribution in [0.5, 0.6) is 0 Å². The largest absolute Gasteiger partial charge is 0.355 e. The summed E-state index contributed by atoms with van der Waals surface area (Å²) in [4.78, 5) is 13.6. The van der Waals surface area contributed by atoms with Gasteiger partial charge in [-0.05, 0) is 25.7 Å². The van der Waals surface area contributed by atoms with Crippen molar-refractivity contribution in [3.8, 4) is 0 Å². The second kappa shape index (κ2) is 6.51. The minimum atomic E-state index is 0.00921. The Bertz CT molecular complexity index is 353. The van der Waals surface area contributed by atoms with Crippen molar-refractivity contribution in [3.63, 3.8) is 0 Å². The van der Waals surface area contributed by atoms with Crippen LogP contribution in [0.3, 0.4) is 0 Å². The van der Waals surface area contributed by atoms with E-state index in [-0.39, 0.29) is 5.91 Å². The first-order valence-electron chi connectivity index (χ1n) is 5.24. The molecule has 0 spiro atoms. The summed E-state index contributed by atoms with van der Waals surface area (Å²) >= 11 is 5.96. The van der Waals surface area contributed by atoms with Crippen molar-refractivity contribution in [3.05, 3.63) is 34.9 Å². The lowest BCUT2D eigenvalue weighted by Crippen LogP contribution is -2.32. The minimum Gasteiger partial charge on any atom is -0.355 e. The van der Waals surface area contributed by atoms with E-state index in [0.29, 0.717) is 18.0 Å². The third-order valence-electron chi connectivity index (χ3n) is 2.19. The highest BCUT2D eigenvalue weighted by Crippen LogP contribution is 2.14. The number of nitrogens with one attached hydrogen (secondary N) is 1. The monoisotopic (exact) mass is 240 g/mol. The third-order valence-corrected chi connectivity index (χ3v) is 2.56. The maximum absolute atomic E-state index is 11.6. The van der Waals surface area contributed by atoms with Crippen LogP contribution < -0.4 is 5.32 Å². The number of carbonyl (C=O) groups excluding carboxylic acids is 1. The van der Waals surface area contributed by atoms with E-state index in [1.807, 2.05) is 37.2 Å². The summed E-state index contributed by atoms with van der Waals surface area (Å²) in [5.74, 6) is 0.00921. The van der Waals surface area contributed by atoms with Crippen LogP contribution in [0.1, 0.15) is 5.56 Å². The van der Waals surface area contributed by atoms with Gasteiger partial charge in [0.25, 0.3) is 0 Å². The lowest BCUT2D eigenvalue weighted by molar-refractivity contribution is -0.120. The Balaban J connectivity index is 2.37. The molecule has 0 saturated carbocycles. The predicted molar refractivity (Wildman–Crippen MR) is 66.7 cm³/mol. The molecule has 0 aromatic heterocycles. The molecule has 0 radical (unpaired) electrons. The fourth-order valence-corrected chi connectivity index (χ4v) is 1.50. The molecule has 0 fully saturated rings. The normalized spacial score (nSPS) is 10.5. The second-order valence-electron chi connectivity index (χ2n) is 3.92. The van der Waals surface area contributed by atoms with Crippen molar-refractivity contribution < 1.29 is 4.79 Å². The molecule has 0 atom stereocenters. The Hall–Kier alpha value is -1.06. The number of benzene rings is 1. The van der Waals surface area contributed by atoms with Gasteiger partial charge in [-0.3, -0.25) is 4.79 Å². The van der Waals surface area contributed by atoms with E-state index in [1.165, 1.54) is 0 Å². The molecular formula is C12H17ClN2O. The summed E-state index contributed by atoms with van der Waals surface area (Å²) in [7, 11) is 3.94. The standard InChI is InChI=1S/C12H17ClN2O/c1-15(2)8-7-14-12(16)9-10-5-3-4-6-11(10)13/h3-6H,7-9H2,1-2H3,(H,14,16). The molecule has 16 heavy (non-hydrogen) atoms. The number of hydrogen-bond donors (Lipinski definition) is 1. The first-order chi connectivity index (χ1) is 7.59. The van der Waals surface area contributed by atoms with Gasteiger partial charge in [0, 0.05) is 18.1 Å². The Labute approximate surface area is 101 Å². The zero-order chi connectivity index (χ0) is 12.0. The van der Waals surface area contributed by atoms with Gasteiger partial charge >= 0.3 is 0 Å². The second-order valence-corrected chi connectivity index (χ2v) is 4.33. The van der Waals surface area contributed by atoms with Crippen LogP contribution in [0.15, 0.2) is 24.3 Å². The lowest BCUT2D eigenvalue weighted by atomic mass is 10.1. The maximum atomic E-state index is 11.6. The Morgan fingerprint density at radius 3 is 2.69 bits per heavy atom. The summed E-state index contributed by atoms with van der Waals surface area (Å²) in [5, 5.41) is 3.49. The third kappa shape index (κ3) is 4.64. The van der Waals surface area contributed by atoms with E-state index < -0.39 is 0 Å². The van der Waals surface area contributed by atoms with Crippen LogP contribution in [0, 0.1) is 0 Å². The molecule has 88 valence electrons. The van der Waals surface area contributed by atoms with Gasteiger partial charge in [0.15, 0.2) is 0 Å². The average molecular weight is 241 g/mol. The van der Waals surface area contributed by atoms with E-state index in [2.05, 4.69) is 5.32 Å². The lowest BCUT2D eigenvalue weighted by Gasteiger charge is -2.10. The highest BCUT2D eigenvalue weighted by atomic mass is 35.5. The molecule has 1 aromatic rings. The number of hydrogen-bond acceptors (Lipinski definition) is 2. The van der Waals surface area contributed by atoms with Crippen molar-refractivity contribution in [2.75, 3.05) is 27.2 Å². The zero-order valence-electron chi connectivity index (χ0n) is 9.66. The molecule has 1 aromatic carbocycles. The molecule has 4 heteroatoms.